The van der Waals surface area contributed by atoms with Crippen molar-refractivity contribution < 1.29 is 4.79 Å². The largest absolute Gasteiger partial charge is 0.296 e. The highest BCUT2D eigenvalue weighted by molar-refractivity contribution is 7.98. The van der Waals surface area contributed by atoms with E-state index in [0.29, 0.717) is 33.3 Å². The molecular weight excluding hydrogens is 442 g/mol. The number of carbonyl (C=O) groups excluding carboxylic acids is 1. The third kappa shape index (κ3) is 4.81. The second-order valence-corrected chi connectivity index (χ2v) is 9.46. The number of amides is 1. The number of fused-ring (bicyclic) bond motifs is 1. The third-order valence-corrected chi connectivity index (χ3v) is 7.10. The van der Waals surface area contributed by atoms with E-state index in [-0.39, 0.29) is 5.91 Å². The first-order chi connectivity index (χ1) is 15.5. The van der Waals surface area contributed by atoms with Crippen molar-refractivity contribution >= 4 is 39.9 Å². The van der Waals surface area contributed by atoms with Gasteiger partial charge in [-0.1, -0.05) is 55.1 Å². The van der Waals surface area contributed by atoms with Gasteiger partial charge in [-0.25, -0.2) is 9.50 Å². The zero-order valence-electron chi connectivity index (χ0n) is 18.5. The lowest BCUT2D eigenvalue weighted by Gasteiger charge is -2.08. The maximum absolute atomic E-state index is 13.0. The molecule has 1 aromatic carbocycles. The molecule has 0 atom stereocenters. The lowest BCUT2D eigenvalue weighted by Crippen LogP contribution is -2.13. The quantitative estimate of drug-likeness (QED) is 0.362. The fourth-order valence-corrected chi connectivity index (χ4v) is 5.30. The van der Waals surface area contributed by atoms with Crippen LogP contribution in [0.15, 0.2) is 35.5 Å². The monoisotopic (exact) mass is 467 g/mol. The molecule has 8 nitrogen and oxygen atoms in total. The Kier molecular flexibility index (Phi) is 6.80. The van der Waals surface area contributed by atoms with Crippen LogP contribution in [0, 0.1) is 13.8 Å². The van der Waals surface area contributed by atoms with E-state index in [1.165, 1.54) is 23.1 Å². The highest BCUT2D eigenvalue weighted by Gasteiger charge is 2.17. The Balaban J connectivity index is 1.48. The van der Waals surface area contributed by atoms with Gasteiger partial charge < -0.3 is 0 Å². The SMILES string of the molecule is CCC(CC)c1nnc(NC(=O)c2ccccc2CSc2nc3nc(C)cc(C)n3n2)s1. The molecule has 0 aliphatic carbocycles. The number of aryl methyl sites for hydroxylation is 2. The predicted molar refractivity (Wildman–Crippen MR) is 127 cm³/mol. The van der Waals surface area contributed by atoms with Crippen molar-refractivity contribution in [1.29, 1.82) is 0 Å². The molecule has 3 heterocycles. The Bertz CT molecular complexity index is 1250. The molecule has 0 unspecified atom stereocenters. The number of nitrogens with one attached hydrogen (secondary N) is 1. The zero-order chi connectivity index (χ0) is 22.7. The van der Waals surface area contributed by atoms with Crippen molar-refractivity contribution in [2.75, 3.05) is 5.32 Å². The Labute approximate surface area is 194 Å². The normalized spacial score (nSPS) is 11.4. The second kappa shape index (κ2) is 9.74. The highest BCUT2D eigenvalue weighted by atomic mass is 32.2. The summed E-state index contributed by atoms with van der Waals surface area (Å²) in [5.41, 5.74) is 3.40. The molecule has 32 heavy (non-hydrogen) atoms. The first-order valence-electron chi connectivity index (χ1n) is 10.5. The summed E-state index contributed by atoms with van der Waals surface area (Å²) in [6, 6.07) is 9.52. The van der Waals surface area contributed by atoms with E-state index >= 15 is 0 Å². The van der Waals surface area contributed by atoms with Crippen molar-refractivity contribution in [2.45, 2.75) is 57.4 Å². The van der Waals surface area contributed by atoms with Crippen molar-refractivity contribution in [1.82, 2.24) is 29.8 Å². The van der Waals surface area contributed by atoms with Gasteiger partial charge in [0, 0.05) is 28.6 Å². The van der Waals surface area contributed by atoms with Gasteiger partial charge in [0.25, 0.3) is 11.7 Å². The Hall–Kier alpha value is -2.85. The Morgan fingerprint density at radius 1 is 1.16 bits per heavy atom. The third-order valence-electron chi connectivity index (χ3n) is 5.21. The summed E-state index contributed by atoms with van der Waals surface area (Å²) in [6.45, 7) is 8.19. The van der Waals surface area contributed by atoms with Crippen molar-refractivity contribution in [2.24, 2.45) is 0 Å². The van der Waals surface area contributed by atoms with Crippen LogP contribution in [0.4, 0.5) is 5.13 Å². The fourth-order valence-electron chi connectivity index (χ4n) is 3.47. The Morgan fingerprint density at radius 3 is 2.72 bits per heavy atom. The minimum absolute atomic E-state index is 0.190. The molecule has 1 N–H and O–H groups in total. The van der Waals surface area contributed by atoms with Gasteiger partial charge in [0.1, 0.15) is 5.01 Å². The minimum atomic E-state index is -0.190. The lowest BCUT2D eigenvalue weighted by atomic mass is 10.1. The molecular formula is C22H25N7OS2. The average molecular weight is 468 g/mol. The maximum atomic E-state index is 13.0. The highest BCUT2D eigenvalue weighted by Crippen LogP contribution is 2.29. The summed E-state index contributed by atoms with van der Waals surface area (Å²) in [4.78, 5) is 21.9. The molecule has 0 aliphatic rings. The van der Waals surface area contributed by atoms with Gasteiger partial charge in [0.2, 0.25) is 10.3 Å². The molecule has 0 bridgehead atoms. The molecule has 4 rings (SSSR count). The smallest absolute Gasteiger partial charge is 0.257 e. The molecule has 3 aromatic heterocycles. The van der Waals surface area contributed by atoms with E-state index in [4.69, 9.17) is 0 Å². The van der Waals surface area contributed by atoms with Gasteiger partial charge >= 0.3 is 0 Å². The van der Waals surface area contributed by atoms with Crippen LogP contribution < -0.4 is 5.32 Å². The van der Waals surface area contributed by atoms with E-state index in [2.05, 4.69) is 44.4 Å². The number of carbonyl (C=O) groups is 1. The average Bonchev–Trinajstić information content (AvgIpc) is 3.40. The molecule has 0 aliphatic heterocycles. The predicted octanol–water partition coefficient (Wildman–Crippen LogP) is 5.04. The van der Waals surface area contributed by atoms with Gasteiger partial charge in [-0.05, 0) is 44.4 Å². The number of nitrogens with zero attached hydrogens (tertiary/aromatic N) is 6. The van der Waals surface area contributed by atoms with Crippen LogP contribution in [-0.4, -0.2) is 35.7 Å². The molecule has 0 radical (unpaired) electrons. The summed E-state index contributed by atoms with van der Waals surface area (Å²) in [6.07, 6.45) is 2.01. The van der Waals surface area contributed by atoms with E-state index in [0.717, 1.165) is 34.8 Å². The van der Waals surface area contributed by atoms with Gasteiger partial charge in [0.05, 0.1) is 0 Å². The summed E-state index contributed by atoms with van der Waals surface area (Å²) in [5, 5.41) is 18.0. The van der Waals surface area contributed by atoms with Crippen LogP contribution >= 0.6 is 23.1 Å². The molecule has 166 valence electrons. The van der Waals surface area contributed by atoms with Crippen LogP contribution in [-0.2, 0) is 5.75 Å². The van der Waals surface area contributed by atoms with Crippen LogP contribution in [0.3, 0.4) is 0 Å². The topological polar surface area (TPSA) is 98.0 Å². The number of benzene rings is 1. The first-order valence-corrected chi connectivity index (χ1v) is 12.3. The van der Waals surface area contributed by atoms with Gasteiger partial charge in [-0.2, -0.15) is 4.98 Å². The zero-order valence-corrected chi connectivity index (χ0v) is 20.1. The van der Waals surface area contributed by atoms with Gasteiger partial charge in [-0.15, -0.1) is 15.3 Å². The van der Waals surface area contributed by atoms with Crippen LogP contribution in [0.1, 0.15) is 64.9 Å². The van der Waals surface area contributed by atoms with E-state index in [1.54, 1.807) is 4.52 Å². The number of rotatable bonds is 8. The van der Waals surface area contributed by atoms with Crippen molar-refractivity contribution in [3.8, 4) is 0 Å². The second-order valence-electron chi connectivity index (χ2n) is 7.50. The van der Waals surface area contributed by atoms with Crippen LogP contribution in [0.5, 0.6) is 0 Å². The van der Waals surface area contributed by atoms with Gasteiger partial charge in [0.15, 0.2) is 0 Å². The van der Waals surface area contributed by atoms with E-state index in [9.17, 15) is 4.79 Å². The first kappa shape index (κ1) is 22.3. The Morgan fingerprint density at radius 2 is 1.94 bits per heavy atom. The summed E-state index contributed by atoms with van der Waals surface area (Å²) >= 11 is 2.92. The summed E-state index contributed by atoms with van der Waals surface area (Å²) in [7, 11) is 0. The van der Waals surface area contributed by atoms with E-state index < -0.39 is 0 Å². The molecule has 4 aromatic rings. The maximum Gasteiger partial charge on any atom is 0.257 e. The van der Waals surface area contributed by atoms with Crippen molar-refractivity contribution in [3.63, 3.8) is 0 Å². The number of aromatic nitrogens is 6. The molecule has 1 amide bonds. The molecule has 0 spiro atoms. The number of hydrogen-bond donors (Lipinski definition) is 1. The molecule has 10 heteroatoms. The standard InChI is InChI=1S/C22H25N7OS2/c1-5-15(6-2)19-26-27-21(32-19)24-18(30)17-10-8-7-9-16(17)12-31-22-25-20-23-13(3)11-14(4)29(20)28-22/h7-11,15H,5-6,12H2,1-4H3,(H,24,27,30). The molecule has 0 saturated carbocycles. The number of hydrogen-bond acceptors (Lipinski definition) is 8. The lowest BCUT2D eigenvalue weighted by molar-refractivity contribution is 0.102. The van der Waals surface area contributed by atoms with E-state index in [1.807, 2.05) is 44.2 Å². The van der Waals surface area contributed by atoms with Gasteiger partial charge in [-0.3, -0.25) is 10.1 Å². The molecule has 0 fully saturated rings. The van der Waals surface area contributed by atoms with Crippen LogP contribution in [0.2, 0.25) is 0 Å². The summed E-state index contributed by atoms with van der Waals surface area (Å²) in [5.74, 6) is 1.33. The summed E-state index contributed by atoms with van der Waals surface area (Å²) < 4.78 is 1.74. The minimum Gasteiger partial charge on any atom is -0.296 e. The number of anilines is 1. The van der Waals surface area contributed by atoms with Crippen molar-refractivity contribution in [3.05, 3.63) is 57.9 Å². The molecule has 0 saturated heterocycles. The van der Waals surface area contributed by atoms with Crippen LogP contribution in [0.25, 0.3) is 5.78 Å². The number of thioether (sulfide) groups is 1. The fraction of sp³-hybridized carbons (Fsp3) is 0.364.